The number of aryl methyl sites for hydroxylation is 2. The number of thioether (sulfide) groups is 1. The van der Waals surface area contributed by atoms with Gasteiger partial charge in [-0.1, -0.05) is 19.4 Å². The number of rotatable bonds is 5. The van der Waals surface area contributed by atoms with Gasteiger partial charge in [-0.3, -0.25) is 10.2 Å². The van der Waals surface area contributed by atoms with Crippen LogP contribution in [0.15, 0.2) is 52.2 Å². The van der Waals surface area contributed by atoms with Crippen LogP contribution in [0.2, 0.25) is 0 Å². The molecule has 148 valence electrons. The fourth-order valence-electron chi connectivity index (χ4n) is 3.23. The fourth-order valence-corrected chi connectivity index (χ4v) is 4.16. The molecule has 1 aromatic carbocycles. The van der Waals surface area contributed by atoms with Crippen molar-refractivity contribution in [3.8, 4) is 5.69 Å². The zero-order chi connectivity index (χ0) is 20.5. The molecular weight excluding hydrogens is 382 g/mol. The van der Waals surface area contributed by atoms with Crippen molar-refractivity contribution in [2.45, 2.75) is 40.0 Å². The third kappa shape index (κ3) is 3.70. The molecule has 2 aliphatic rings. The van der Waals surface area contributed by atoms with E-state index in [2.05, 4.69) is 49.1 Å². The SMILES string of the molecule is CCCCC1=NN2C(=N)/C(=C\c3cccn3-c3ccc(C)c(C)c3)C(=O)N=C2S1. The molecule has 2 aliphatic heterocycles. The Kier molecular flexibility index (Phi) is 5.24. The molecule has 0 bridgehead atoms. The van der Waals surface area contributed by atoms with Gasteiger partial charge in [-0.2, -0.15) is 15.1 Å². The first kappa shape index (κ1) is 19.4. The lowest BCUT2D eigenvalue weighted by Crippen LogP contribution is -2.35. The maximum atomic E-state index is 12.6. The highest BCUT2D eigenvalue weighted by Crippen LogP contribution is 2.30. The van der Waals surface area contributed by atoms with Crippen molar-refractivity contribution in [3.05, 3.63) is 58.9 Å². The minimum atomic E-state index is -0.395. The van der Waals surface area contributed by atoms with Gasteiger partial charge in [-0.05, 0) is 79.9 Å². The van der Waals surface area contributed by atoms with Crippen LogP contribution in [-0.2, 0) is 4.79 Å². The highest BCUT2D eigenvalue weighted by atomic mass is 32.2. The van der Waals surface area contributed by atoms with Crippen LogP contribution < -0.4 is 0 Å². The number of nitrogens with one attached hydrogen (secondary N) is 1. The van der Waals surface area contributed by atoms with Gasteiger partial charge in [0.2, 0.25) is 5.17 Å². The van der Waals surface area contributed by atoms with Crippen molar-refractivity contribution >= 4 is 39.8 Å². The summed E-state index contributed by atoms with van der Waals surface area (Å²) in [5, 5.41) is 15.9. The number of nitrogens with zero attached hydrogens (tertiary/aromatic N) is 4. The van der Waals surface area contributed by atoms with Crippen molar-refractivity contribution < 1.29 is 4.79 Å². The Balaban J connectivity index is 1.67. The molecule has 0 spiro atoms. The van der Waals surface area contributed by atoms with Crippen LogP contribution in [0.3, 0.4) is 0 Å². The number of hydrogen-bond acceptors (Lipinski definition) is 4. The Hall–Kier alpha value is -2.93. The van der Waals surface area contributed by atoms with Crippen molar-refractivity contribution in [1.82, 2.24) is 9.58 Å². The lowest BCUT2D eigenvalue weighted by atomic mass is 10.1. The molecule has 4 rings (SSSR count). The van der Waals surface area contributed by atoms with Gasteiger partial charge in [0.1, 0.15) is 5.04 Å². The molecule has 0 fully saturated rings. The predicted molar refractivity (Wildman–Crippen MR) is 120 cm³/mol. The van der Waals surface area contributed by atoms with Crippen LogP contribution in [0, 0.1) is 19.3 Å². The molecule has 0 saturated carbocycles. The zero-order valence-electron chi connectivity index (χ0n) is 16.8. The molecule has 0 atom stereocenters. The second-order valence-electron chi connectivity index (χ2n) is 7.19. The summed E-state index contributed by atoms with van der Waals surface area (Å²) < 4.78 is 2.01. The Morgan fingerprint density at radius 3 is 2.79 bits per heavy atom. The second-order valence-corrected chi connectivity index (χ2v) is 8.23. The number of amides is 1. The number of carbonyl (C=O) groups is 1. The van der Waals surface area contributed by atoms with Gasteiger partial charge in [-0.15, -0.1) is 0 Å². The van der Waals surface area contributed by atoms with E-state index in [0.717, 1.165) is 35.7 Å². The summed E-state index contributed by atoms with van der Waals surface area (Å²) in [5.41, 5.74) is 4.52. The summed E-state index contributed by atoms with van der Waals surface area (Å²) in [5.74, 6) is -0.319. The zero-order valence-corrected chi connectivity index (χ0v) is 17.6. The number of benzene rings is 1. The van der Waals surface area contributed by atoms with E-state index in [1.807, 2.05) is 22.9 Å². The molecule has 0 unspecified atom stereocenters. The first-order valence-electron chi connectivity index (χ1n) is 9.72. The molecule has 0 aliphatic carbocycles. The average molecular weight is 406 g/mol. The molecule has 0 saturated heterocycles. The van der Waals surface area contributed by atoms with E-state index in [0.29, 0.717) is 5.17 Å². The van der Waals surface area contributed by atoms with Gasteiger partial charge < -0.3 is 4.57 Å². The summed E-state index contributed by atoms with van der Waals surface area (Å²) in [6.07, 6.45) is 6.62. The molecule has 2 aromatic rings. The van der Waals surface area contributed by atoms with Crippen molar-refractivity contribution in [1.29, 1.82) is 5.41 Å². The Morgan fingerprint density at radius 2 is 2.03 bits per heavy atom. The van der Waals surface area contributed by atoms with Crippen LogP contribution in [0.25, 0.3) is 11.8 Å². The van der Waals surface area contributed by atoms with Crippen LogP contribution in [0.4, 0.5) is 0 Å². The average Bonchev–Trinajstić information content (AvgIpc) is 3.32. The lowest BCUT2D eigenvalue weighted by Gasteiger charge is -2.20. The van der Waals surface area contributed by atoms with E-state index in [1.54, 1.807) is 6.08 Å². The van der Waals surface area contributed by atoms with E-state index in [9.17, 15) is 4.79 Å². The third-order valence-corrected chi connectivity index (χ3v) is 6.05. The molecule has 29 heavy (non-hydrogen) atoms. The summed E-state index contributed by atoms with van der Waals surface area (Å²) in [4.78, 5) is 16.8. The van der Waals surface area contributed by atoms with E-state index in [1.165, 1.54) is 27.9 Å². The van der Waals surface area contributed by atoms with Crippen LogP contribution in [0.1, 0.15) is 43.0 Å². The van der Waals surface area contributed by atoms with Crippen LogP contribution >= 0.6 is 11.8 Å². The molecular formula is C22H23N5OS. The van der Waals surface area contributed by atoms with Gasteiger partial charge in [0.05, 0.1) is 5.57 Å². The normalized spacial score (nSPS) is 17.6. The van der Waals surface area contributed by atoms with E-state index >= 15 is 0 Å². The minimum absolute atomic E-state index is 0.0758. The van der Waals surface area contributed by atoms with E-state index < -0.39 is 5.91 Å². The summed E-state index contributed by atoms with van der Waals surface area (Å²) in [6.45, 7) is 6.29. The maximum Gasteiger partial charge on any atom is 0.283 e. The number of fused-ring (bicyclic) bond motifs is 1. The quantitative estimate of drug-likeness (QED) is 0.719. The molecule has 0 radical (unpaired) electrons. The van der Waals surface area contributed by atoms with Gasteiger partial charge in [0.25, 0.3) is 5.91 Å². The smallest absolute Gasteiger partial charge is 0.283 e. The highest BCUT2D eigenvalue weighted by molar-refractivity contribution is 8.26. The molecule has 3 heterocycles. The third-order valence-electron chi connectivity index (χ3n) is 5.08. The van der Waals surface area contributed by atoms with Crippen molar-refractivity contribution in [3.63, 3.8) is 0 Å². The number of hydrazone groups is 1. The molecule has 7 heteroatoms. The van der Waals surface area contributed by atoms with Crippen LogP contribution in [0.5, 0.6) is 0 Å². The summed E-state index contributed by atoms with van der Waals surface area (Å²) in [7, 11) is 0. The molecule has 6 nitrogen and oxygen atoms in total. The number of unbranched alkanes of at least 4 members (excludes halogenated alkanes) is 1. The first-order chi connectivity index (χ1) is 14.0. The van der Waals surface area contributed by atoms with Crippen molar-refractivity contribution in [2.24, 2.45) is 10.1 Å². The number of aliphatic imine (C=N–C) groups is 1. The summed E-state index contributed by atoms with van der Waals surface area (Å²) in [6, 6.07) is 10.1. The number of carbonyl (C=O) groups excluding carboxylic acids is 1. The fraction of sp³-hybridized carbons (Fsp3) is 0.273. The van der Waals surface area contributed by atoms with Gasteiger partial charge in [0.15, 0.2) is 5.84 Å². The maximum absolute atomic E-state index is 12.6. The number of hydrogen-bond donors (Lipinski definition) is 1. The standard InChI is InChI=1S/C22H23N5OS/c1-4-5-8-19-25-27-20(23)18(21(28)24-22(27)29-19)13-16-7-6-11-26(16)17-10-9-14(2)15(3)12-17/h6-7,9-13,23H,4-5,8H2,1-3H3/b18-13+,23-20?. The van der Waals surface area contributed by atoms with Gasteiger partial charge >= 0.3 is 0 Å². The monoisotopic (exact) mass is 405 g/mol. The predicted octanol–water partition coefficient (Wildman–Crippen LogP) is 4.90. The van der Waals surface area contributed by atoms with E-state index in [-0.39, 0.29) is 11.4 Å². The Labute approximate surface area is 174 Å². The highest BCUT2D eigenvalue weighted by Gasteiger charge is 2.35. The lowest BCUT2D eigenvalue weighted by molar-refractivity contribution is -0.114. The first-order valence-corrected chi connectivity index (χ1v) is 10.5. The van der Waals surface area contributed by atoms with Gasteiger partial charge in [-0.25, -0.2) is 0 Å². The molecule has 1 amide bonds. The minimum Gasteiger partial charge on any atom is -0.317 e. The second kappa shape index (κ2) is 7.83. The topological polar surface area (TPSA) is 73.8 Å². The largest absolute Gasteiger partial charge is 0.317 e. The number of amidine groups is 2. The van der Waals surface area contributed by atoms with E-state index in [4.69, 9.17) is 5.41 Å². The van der Waals surface area contributed by atoms with Crippen LogP contribution in [-0.4, -0.2) is 31.5 Å². The molecule has 1 N–H and O–H groups in total. The number of aromatic nitrogens is 1. The Morgan fingerprint density at radius 1 is 1.21 bits per heavy atom. The Bertz CT molecular complexity index is 1090. The molecule has 1 aromatic heterocycles. The summed E-state index contributed by atoms with van der Waals surface area (Å²) >= 11 is 1.39. The van der Waals surface area contributed by atoms with Gasteiger partial charge in [0, 0.05) is 17.6 Å². The van der Waals surface area contributed by atoms with Crippen molar-refractivity contribution in [2.75, 3.05) is 0 Å².